The zero-order valence-corrected chi connectivity index (χ0v) is 14.3. The molecule has 0 bridgehead atoms. The van der Waals surface area contributed by atoms with E-state index in [4.69, 9.17) is 0 Å². The number of likely N-dealkylation sites (tertiary alicyclic amines) is 1. The van der Waals surface area contributed by atoms with Crippen LogP contribution in [0.2, 0.25) is 0 Å². The van der Waals surface area contributed by atoms with E-state index in [0.29, 0.717) is 18.5 Å². The lowest BCUT2D eigenvalue weighted by atomic mass is 9.75. The van der Waals surface area contributed by atoms with Gasteiger partial charge in [-0.25, -0.2) is 8.78 Å². The highest BCUT2D eigenvalue weighted by Gasteiger charge is 2.60. The third kappa shape index (κ3) is 2.81. The number of aromatic nitrogens is 2. The van der Waals surface area contributed by atoms with Crippen LogP contribution in [-0.2, 0) is 0 Å². The summed E-state index contributed by atoms with van der Waals surface area (Å²) in [6, 6.07) is 6.93. The average Bonchev–Trinajstić information content (AvgIpc) is 3.11. The van der Waals surface area contributed by atoms with Gasteiger partial charge in [0.1, 0.15) is 0 Å². The minimum absolute atomic E-state index is 0.0674. The molecule has 26 heavy (non-hydrogen) atoms. The molecule has 2 aromatic rings. The van der Waals surface area contributed by atoms with E-state index in [1.54, 1.807) is 47.9 Å². The number of alkyl halides is 2. The predicted molar refractivity (Wildman–Crippen MR) is 93.2 cm³/mol. The first-order valence-corrected chi connectivity index (χ1v) is 8.73. The molecule has 2 saturated heterocycles. The molecular weight excluding hydrogens is 338 g/mol. The van der Waals surface area contributed by atoms with E-state index in [-0.39, 0.29) is 32.0 Å². The molecule has 4 rings (SSSR count). The Morgan fingerprint density at radius 1 is 1.00 bits per heavy atom. The van der Waals surface area contributed by atoms with Gasteiger partial charge in [0.2, 0.25) is 0 Å². The maximum absolute atomic E-state index is 14.9. The lowest BCUT2D eigenvalue weighted by Crippen LogP contribution is -2.58. The summed E-state index contributed by atoms with van der Waals surface area (Å²) in [5, 5.41) is 0. The summed E-state index contributed by atoms with van der Waals surface area (Å²) in [5.41, 5.74) is 0.115. The van der Waals surface area contributed by atoms with Gasteiger partial charge in [0.25, 0.3) is 11.8 Å². The number of hydrogen-bond donors (Lipinski definition) is 0. The van der Waals surface area contributed by atoms with Gasteiger partial charge >= 0.3 is 0 Å². The highest BCUT2D eigenvalue weighted by atomic mass is 19.3. The van der Waals surface area contributed by atoms with Gasteiger partial charge in [0, 0.05) is 56.8 Å². The predicted octanol–water partition coefficient (Wildman–Crippen LogP) is 2.85. The van der Waals surface area contributed by atoms with Crippen molar-refractivity contribution in [3.63, 3.8) is 0 Å². The van der Waals surface area contributed by atoms with Crippen LogP contribution in [0.4, 0.5) is 14.5 Å². The van der Waals surface area contributed by atoms with Crippen LogP contribution in [0, 0.1) is 5.41 Å². The van der Waals surface area contributed by atoms with Gasteiger partial charge in [-0.3, -0.25) is 14.8 Å². The summed E-state index contributed by atoms with van der Waals surface area (Å²) in [5.74, 6) is -3.00. The number of anilines is 1. The number of halogens is 2. The largest absolute Gasteiger partial charge is 0.369 e. The van der Waals surface area contributed by atoms with Crippen LogP contribution in [0.25, 0.3) is 0 Å². The average molecular weight is 358 g/mol. The molecule has 1 spiro atoms. The first-order valence-electron chi connectivity index (χ1n) is 8.73. The van der Waals surface area contributed by atoms with Crippen LogP contribution in [0.15, 0.2) is 49.1 Å². The number of pyridine rings is 2. The molecule has 0 saturated carbocycles. The molecule has 0 radical (unpaired) electrons. The Hall–Kier alpha value is -2.57. The van der Waals surface area contributed by atoms with Crippen molar-refractivity contribution in [1.82, 2.24) is 14.9 Å². The normalized spacial score (nSPS) is 24.8. The van der Waals surface area contributed by atoms with Crippen LogP contribution >= 0.6 is 0 Å². The Balaban J connectivity index is 1.57. The van der Waals surface area contributed by atoms with Crippen LogP contribution in [-0.4, -0.2) is 52.9 Å². The first-order chi connectivity index (χ1) is 12.5. The van der Waals surface area contributed by atoms with E-state index in [1.165, 1.54) is 0 Å². The molecule has 7 heteroatoms. The second kappa shape index (κ2) is 6.30. The molecule has 0 aliphatic carbocycles. The van der Waals surface area contributed by atoms with E-state index < -0.39 is 11.3 Å². The van der Waals surface area contributed by atoms with Gasteiger partial charge in [0.15, 0.2) is 0 Å². The van der Waals surface area contributed by atoms with Gasteiger partial charge in [-0.05, 0) is 30.7 Å². The number of carbonyl (C=O) groups is 1. The minimum Gasteiger partial charge on any atom is -0.369 e. The fourth-order valence-corrected chi connectivity index (χ4v) is 4.01. The number of piperidine rings is 1. The van der Waals surface area contributed by atoms with Crippen molar-refractivity contribution < 1.29 is 13.6 Å². The van der Waals surface area contributed by atoms with Gasteiger partial charge in [-0.2, -0.15) is 0 Å². The molecule has 2 aromatic heterocycles. The fourth-order valence-electron chi connectivity index (χ4n) is 4.01. The lowest BCUT2D eigenvalue weighted by Gasteiger charge is -2.46. The Morgan fingerprint density at radius 3 is 2.54 bits per heavy atom. The Morgan fingerprint density at radius 2 is 1.81 bits per heavy atom. The number of nitrogens with zero attached hydrogens (tertiary/aromatic N) is 4. The molecule has 1 amide bonds. The van der Waals surface area contributed by atoms with Crippen molar-refractivity contribution in [2.75, 3.05) is 31.1 Å². The van der Waals surface area contributed by atoms with Crippen molar-refractivity contribution in [3.05, 3.63) is 54.6 Å². The number of amides is 1. The molecule has 0 unspecified atom stereocenters. The summed E-state index contributed by atoms with van der Waals surface area (Å²) >= 11 is 0. The molecule has 2 fully saturated rings. The third-order valence-electron chi connectivity index (χ3n) is 5.54. The molecule has 2 aliphatic rings. The maximum Gasteiger partial charge on any atom is 0.258 e. The maximum atomic E-state index is 14.9. The van der Waals surface area contributed by atoms with E-state index in [0.717, 1.165) is 5.69 Å². The summed E-state index contributed by atoms with van der Waals surface area (Å²) < 4.78 is 29.8. The van der Waals surface area contributed by atoms with Gasteiger partial charge in [0.05, 0.1) is 17.3 Å². The zero-order chi connectivity index (χ0) is 18.2. The Bertz CT molecular complexity index is 787. The summed E-state index contributed by atoms with van der Waals surface area (Å²) in [7, 11) is 0. The molecule has 0 N–H and O–H groups in total. The summed E-state index contributed by atoms with van der Waals surface area (Å²) in [6.45, 7) is 0.908. The minimum atomic E-state index is -2.79. The molecule has 5 nitrogen and oxygen atoms in total. The van der Waals surface area contributed by atoms with E-state index in [1.807, 2.05) is 11.0 Å². The second-order valence-corrected chi connectivity index (χ2v) is 7.08. The standard InChI is InChI=1S/C19H20F2N4O/c20-19(21)6-11-25(17(26)15-3-8-22-9-4-15)14-18(19)5-10-24(13-18)16-2-1-7-23-12-16/h1-4,7-9,12H,5-6,10-11,13-14H2/t18-/m1/s1. The monoisotopic (exact) mass is 358 g/mol. The SMILES string of the molecule is O=C(c1ccncc1)N1CCC(F)(F)[C@@]2(CCN(c3cccnc3)C2)C1. The van der Waals surface area contributed by atoms with Crippen molar-refractivity contribution >= 4 is 11.6 Å². The number of hydrogen-bond acceptors (Lipinski definition) is 4. The van der Waals surface area contributed by atoms with Crippen molar-refractivity contribution in [2.45, 2.75) is 18.8 Å². The van der Waals surface area contributed by atoms with Crippen LogP contribution in [0.1, 0.15) is 23.2 Å². The van der Waals surface area contributed by atoms with Gasteiger partial charge in [-0.1, -0.05) is 0 Å². The van der Waals surface area contributed by atoms with Crippen LogP contribution in [0.5, 0.6) is 0 Å². The molecule has 1 atom stereocenters. The van der Waals surface area contributed by atoms with E-state index in [2.05, 4.69) is 9.97 Å². The number of carbonyl (C=O) groups excluding carboxylic acids is 1. The smallest absolute Gasteiger partial charge is 0.258 e. The van der Waals surface area contributed by atoms with E-state index >= 15 is 0 Å². The van der Waals surface area contributed by atoms with Crippen LogP contribution in [0.3, 0.4) is 0 Å². The summed E-state index contributed by atoms with van der Waals surface area (Å²) in [4.78, 5) is 24.2. The van der Waals surface area contributed by atoms with Gasteiger partial charge < -0.3 is 9.80 Å². The lowest BCUT2D eigenvalue weighted by molar-refractivity contribution is -0.150. The molecule has 4 heterocycles. The quantitative estimate of drug-likeness (QED) is 0.828. The second-order valence-electron chi connectivity index (χ2n) is 7.08. The highest BCUT2D eigenvalue weighted by molar-refractivity contribution is 5.94. The highest BCUT2D eigenvalue weighted by Crippen LogP contribution is 2.50. The van der Waals surface area contributed by atoms with Gasteiger partial charge in [-0.15, -0.1) is 0 Å². The topological polar surface area (TPSA) is 49.3 Å². The Labute approximate surface area is 150 Å². The molecular formula is C19H20F2N4O. The molecule has 136 valence electrons. The van der Waals surface area contributed by atoms with Crippen LogP contribution < -0.4 is 4.90 Å². The van der Waals surface area contributed by atoms with Crippen molar-refractivity contribution in [1.29, 1.82) is 0 Å². The van der Waals surface area contributed by atoms with Crippen molar-refractivity contribution in [3.8, 4) is 0 Å². The first kappa shape index (κ1) is 16.9. The summed E-state index contributed by atoms with van der Waals surface area (Å²) in [6.07, 6.45) is 6.50. The van der Waals surface area contributed by atoms with Crippen molar-refractivity contribution in [2.24, 2.45) is 5.41 Å². The van der Waals surface area contributed by atoms with E-state index in [9.17, 15) is 13.6 Å². The Kier molecular flexibility index (Phi) is 4.09. The fraction of sp³-hybridized carbons (Fsp3) is 0.421. The third-order valence-corrected chi connectivity index (χ3v) is 5.54. The molecule has 0 aromatic carbocycles. The number of rotatable bonds is 2. The molecule has 2 aliphatic heterocycles. The zero-order valence-electron chi connectivity index (χ0n) is 14.3.